The number of benzene rings is 1. The topological polar surface area (TPSA) is 72.5 Å². The van der Waals surface area contributed by atoms with Gasteiger partial charge in [0.05, 0.1) is 6.61 Å². The van der Waals surface area contributed by atoms with Crippen molar-refractivity contribution in [1.82, 2.24) is 0 Å². The lowest BCUT2D eigenvalue weighted by molar-refractivity contribution is -0.146. The fraction of sp³-hybridized carbons (Fsp3) is 0.533. The molecule has 1 atom stereocenters. The van der Waals surface area contributed by atoms with Crippen LogP contribution in [0.5, 0.6) is 0 Å². The van der Waals surface area contributed by atoms with Gasteiger partial charge in [-0.15, -0.1) is 0 Å². The molecule has 0 amide bonds. The minimum absolute atomic E-state index is 0.0378. The highest BCUT2D eigenvalue weighted by Crippen LogP contribution is 2.30. The zero-order valence-electron chi connectivity index (χ0n) is 11.3. The monoisotopic (exact) mass is 263 g/mol. The molecule has 0 bridgehead atoms. The Labute approximate surface area is 113 Å². The fourth-order valence-electron chi connectivity index (χ4n) is 2.09. The van der Waals surface area contributed by atoms with Gasteiger partial charge in [0.2, 0.25) is 0 Å². The van der Waals surface area contributed by atoms with Crippen molar-refractivity contribution >= 4 is 5.97 Å². The Morgan fingerprint density at radius 1 is 1.42 bits per heavy atom. The quantitative estimate of drug-likeness (QED) is 0.785. The normalized spacial score (nSPS) is 18.0. The summed E-state index contributed by atoms with van der Waals surface area (Å²) in [6.07, 6.45) is 2.38. The molecule has 1 aromatic carbocycles. The largest absolute Gasteiger partial charge is 0.480 e. The summed E-state index contributed by atoms with van der Waals surface area (Å²) in [5.74, 6) is -0.308. The number of hydrogen-bond acceptors (Lipinski definition) is 3. The number of carboxylic acid groups (broad SMARTS) is 1. The molecule has 104 valence electrons. The van der Waals surface area contributed by atoms with Crippen molar-refractivity contribution in [2.45, 2.75) is 25.2 Å². The van der Waals surface area contributed by atoms with E-state index in [9.17, 15) is 9.90 Å². The third-order valence-corrected chi connectivity index (χ3v) is 3.76. The van der Waals surface area contributed by atoms with Crippen molar-refractivity contribution in [2.75, 3.05) is 19.8 Å². The number of ether oxygens (including phenoxy) is 1. The second kappa shape index (κ2) is 5.72. The molecule has 0 spiro atoms. The molecule has 0 radical (unpaired) electrons. The third-order valence-electron chi connectivity index (χ3n) is 3.76. The molecule has 1 unspecified atom stereocenters. The summed E-state index contributed by atoms with van der Waals surface area (Å²) in [6, 6.07) is 7.47. The number of aliphatic carboxylic acids is 1. The lowest BCUT2D eigenvalue weighted by Crippen LogP contribution is -2.47. The predicted octanol–water partition coefficient (Wildman–Crippen LogP) is 1.70. The molecule has 1 aliphatic rings. The van der Waals surface area contributed by atoms with E-state index in [0.717, 1.165) is 5.56 Å². The number of carbonyl (C=O) groups is 1. The van der Waals surface area contributed by atoms with Crippen LogP contribution in [0.4, 0.5) is 0 Å². The van der Waals surface area contributed by atoms with E-state index in [4.69, 9.17) is 10.5 Å². The van der Waals surface area contributed by atoms with E-state index in [2.05, 4.69) is 0 Å². The molecule has 0 aromatic heterocycles. The first-order valence-electron chi connectivity index (χ1n) is 6.67. The van der Waals surface area contributed by atoms with Crippen molar-refractivity contribution < 1.29 is 14.6 Å². The molecule has 0 saturated heterocycles. The fourth-order valence-corrected chi connectivity index (χ4v) is 2.09. The van der Waals surface area contributed by atoms with E-state index >= 15 is 0 Å². The lowest BCUT2D eigenvalue weighted by Gasteiger charge is -2.28. The maximum absolute atomic E-state index is 11.7. The average Bonchev–Trinajstić information content (AvgIpc) is 3.20. The van der Waals surface area contributed by atoms with Crippen LogP contribution in [0, 0.1) is 12.8 Å². The maximum atomic E-state index is 11.7. The van der Waals surface area contributed by atoms with Crippen LogP contribution in [0.25, 0.3) is 0 Å². The molecule has 3 N–H and O–H groups in total. The van der Waals surface area contributed by atoms with Gasteiger partial charge in [0.15, 0.2) is 0 Å². The van der Waals surface area contributed by atoms with Gasteiger partial charge in [-0.05, 0) is 31.2 Å². The summed E-state index contributed by atoms with van der Waals surface area (Å²) >= 11 is 0. The van der Waals surface area contributed by atoms with Gasteiger partial charge in [-0.1, -0.05) is 29.8 Å². The van der Waals surface area contributed by atoms with Gasteiger partial charge in [-0.25, -0.2) is 0 Å². The third kappa shape index (κ3) is 3.14. The maximum Gasteiger partial charge on any atom is 0.317 e. The van der Waals surface area contributed by atoms with Gasteiger partial charge in [0, 0.05) is 13.2 Å². The molecule has 1 aliphatic carbocycles. The summed E-state index contributed by atoms with van der Waals surface area (Å²) in [4.78, 5) is 11.7. The molecule has 1 aromatic rings. The SMILES string of the molecule is Cc1ccc(C(CN)(COCC2CC2)C(=O)O)cc1. The molecule has 4 nitrogen and oxygen atoms in total. The van der Waals surface area contributed by atoms with E-state index in [-0.39, 0.29) is 13.2 Å². The van der Waals surface area contributed by atoms with Crippen LogP contribution in [0.1, 0.15) is 24.0 Å². The van der Waals surface area contributed by atoms with Gasteiger partial charge in [-0.3, -0.25) is 4.79 Å². The van der Waals surface area contributed by atoms with Crippen LogP contribution >= 0.6 is 0 Å². The minimum atomic E-state index is -1.14. The Morgan fingerprint density at radius 2 is 2.05 bits per heavy atom. The Balaban J connectivity index is 2.16. The van der Waals surface area contributed by atoms with Crippen molar-refractivity contribution in [1.29, 1.82) is 0 Å². The van der Waals surface area contributed by atoms with E-state index < -0.39 is 11.4 Å². The first kappa shape index (κ1) is 14.0. The standard InChI is InChI=1S/C15H21NO3/c1-11-2-6-13(7-3-11)15(9-16,14(17)18)10-19-8-12-4-5-12/h2-3,6-7,12H,4-5,8-10,16H2,1H3,(H,17,18). The molecule has 0 aliphatic heterocycles. The van der Waals surface area contributed by atoms with E-state index in [1.165, 1.54) is 12.8 Å². The minimum Gasteiger partial charge on any atom is -0.480 e. The summed E-state index contributed by atoms with van der Waals surface area (Å²) in [6.45, 7) is 2.79. The first-order valence-corrected chi connectivity index (χ1v) is 6.67. The van der Waals surface area contributed by atoms with E-state index in [0.29, 0.717) is 18.1 Å². The number of aryl methyl sites for hydroxylation is 1. The van der Waals surface area contributed by atoms with Crippen molar-refractivity contribution in [3.05, 3.63) is 35.4 Å². The zero-order chi connectivity index (χ0) is 13.9. The summed E-state index contributed by atoms with van der Waals surface area (Å²) in [5.41, 5.74) is 6.42. The molecule has 1 fully saturated rings. The van der Waals surface area contributed by atoms with Gasteiger partial charge in [0.25, 0.3) is 0 Å². The van der Waals surface area contributed by atoms with E-state index in [1.54, 1.807) is 0 Å². The molecular weight excluding hydrogens is 242 g/mol. The van der Waals surface area contributed by atoms with Gasteiger partial charge >= 0.3 is 5.97 Å². The first-order chi connectivity index (χ1) is 9.08. The molecule has 0 heterocycles. The van der Waals surface area contributed by atoms with Crippen LogP contribution in [0.2, 0.25) is 0 Å². The molecule has 1 saturated carbocycles. The van der Waals surface area contributed by atoms with E-state index in [1.807, 2.05) is 31.2 Å². The molecule has 2 rings (SSSR count). The average molecular weight is 263 g/mol. The number of rotatable bonds is 7. The van der Waals surface area contributed by atoms with Gasteiger partial charge < -0.3 is 15.6 Å². The summed E-state index contributed by atoms with van der Waals surface area (Å²) in [7, 11) is 0. The second-order valence-corrected chi connectivity index (χ2v) is 5.42. The van der Waals surface area contributed by atoms with Crippen LogP contribution in [-0.4, -0.2) is 30.8 Å². The Kier molecular flexibility index (Phi) is 4.22. The van der Waals surface area contributed by atoms with Crippen molar-refractivity contribution in [3.63, 3.8) is 0 Å². The van der Waals surface area contributed by atoms with Crippen molar-refractivity contribution in [3.8, 4) is 0 Å². The van der Waals surface area contributed by atoms with Crippen molar-refractivity contribution in [2.24, 2.45) is 11.7 Å². The molecule has 4 heteroatoms. The molecular formula is C15H21NO3. The number of nitrogens with two attached hydrogens (primary N) is 1. The summed E-state index contributed by atoms with van der Waals surface area (Å²) < 4.78 is 5.60. The Morgan fingerprint density at radius 3 is 2.53 bits per heavy atom. The predicted molar refractivity (Wildman–Crippen MR) is 73.1 cm³/mol. The van der Waals surface area contributed by atoms with Crippen LogP contribution in [0.15, 0.2) is 24.3 Å². The zero-order valence-corrected chi connectivity index (χ0v) is 11.3. The van der Waals surface area contributed by atoms with Crippen LogP contribution < -0.4 is 5.73 Å². The number of hydrogen-bond donors (Lipinski definition) is 2. The lowest BCUT2D eigenvalue weighted by atomic mass is 9.81. The molecule has 19 heavy (non-hydrogen) atoms. The van der Waals surface area contributed by atoms with Crippen LogP contribution in [-0.2, 0) is 14.9 Å². The highest BCUT2D eigenvalue weighted by Gasteiger charge is 2.40. The highest BCUT2D eigenvalue weighted by atomic mass is 16.5. The van der Waals surface area contributed by atoms with Gasteiger partial charge in [-0.2, -0.15) is 0 Å². The van der Waals surface area contributed by atoms with Gasteiger partial charge in [0.1, 0.15) is 5.41 Å². The second-order valence-electron chi connectivity index (χ2n) is 5.42. The Bertz CT molecular complexity index is 439. The number of carboxylic acids is 1. The highest BCUT2D eigenvalue weighted by molar-refractivity contribution is 5.82. The smallest absolute Gasteiger partial charge is 0.317 e. The Hall–Kier alpha value is -1.39. The van der Waals surface area contributed by atoms with Crippen LogP contribution in [0.3, 0.4) is 0 Å². The summed E-state index contributed by atoms with van der Waals surface area (Å²) in [5, 5.41) is 9.57.